The highest BCUT2D eigenvalue weighted by atomic mass is 16.5. The highest BCUT2D eigenvalue weighted by molar-refractivity contribution is 4.68. The predicted octanol–water partition coefficient (Wildman–Crippen LogP) is 0.135. The average Bonchev–Trinajstić information content (AvgIpc) is 1.84. The SMILES string of the molecule is CNNCC(C)(C)OC. The molecule has 0 bridgehead atoms. The molecule has 9 heavy (non-hydrogen) atoms. The van der Waals surface area contributed by atoms with Crippen LogP contribution in [-0.4, -0.2) is 26.3 Å². The van der Waals surface area contributed by atoms with Crippen LogP contribution in [0.2, 0.25) is 0 Å². The van der Waals surface area contributed by atoms with Gasteiger partial charge in [0.1, 0.15) is 0 Å². The fourth-order valence-corrected chi connectivity index (χ4v) is 0.373. The summed E-state index contributed by atoms with van der Waals surface area (Å²) in [5.41, 5.74) is 5.71. The quantitative estimate of drug-likeness (QED) is 0.534. The Morgan fingerprint density at radius 3 is 2.33 bits per heavy atom. The predicted molar refractivity (Wildman–Crippen MR) is 38.2 cm³/mol. The van der Waals surface area contributed by atoms with Gasteiger partial charge in [0.2, 0.25) is 0 Å². The number of methoxy groups -OCH3 is 1. The lowest BCUT2D eigenvalue weighted by atomic mass is 10.1. The maximum absolute atomic E-state index is 5.14. The molecule has 0 aromatic carbocycles. The highest BCUT2D eigenvalue weighted by Gasteiger charge is 2.14. The van der Waals surface area contributed by atoms with Gasteiger partial charge in [-0.25, -0.2) is 0 Å². The average molecular weight is 132 g/mol. The molecule has 0 aliphatic carbocycles. The standard InChI is InChI=1S/C6H16N2O/c1-6(2,9-4)5-8-7-3/h7-8H,5H2,1-4H3. The zero-order chi connectivity index (χ0) is 7.33. The smallest absolute Gasteiger partial charge is 0.0760 e. The van der Waals surface area contributed by atoms with Crippen LogP contribution in [0.15, 0.2) is 0 Å². The van der Waals surface area contributed by atoms with Crippen LogP contribution < -0.4 is 10.9 Å². The fraction of sp³-hybridized carbons (Fsp3) is 1.00. The number of rotatable bonds is 4. The van der Waals surface area contributed by atoms with E-state index in [1.807, 2.05) is 20.9 Å². The van der Waals surface area contributed by atoms with E-state index >= 15 is 0 Å². The van der Waals surface area contributed by atoms with Gasteiger partial charge in [0.05, 0.1) is 5.60 Å². The van der Waals surface area contributed by atoms with E-state index in [2.05, 4.69) is 10.9 Å². The molecule has 0 radical (unpaired) electrons. The highest BCUT2D eigenvalue weighted by Crippen LogP contribution is 2.03. The van der Waals surface area contributed by atoms with E-state index in [1.54, 1.807) is 7.11 Å². The second-order valence-electron chi connectivity index (χ2n) is 2.57. The van der Waals surface area contributed by atoms with Crippen molar-refractivity contribution >= 4 is 0 Å². The third-order valence-corrected chi connectivity index (χ3v) is 1.24. The molecule has 0 amide bonds. The summed E-state index contributed by atoms with van der Waals surface area (Å²) in [5.74, 6) is 0. The maximum atomic E-state index is 5.14. The molecular weight excluding hydrogens is 116 g/mol. The number of ether oxygens (including phenoxy) is 1. The van der Waals surface area contributed by atoms with Crippen molar-refractivity contribution in [2.45, 2.75) is 19.4 Å². The molecule has 0 heterocycles. The Balaban J connectivity index is 3.33. The molecule has 0 aliphatic rings. The summed E-state index contributed by atoms with van der Waals surface area (Å²) < 4.78 is 5.14. The van der Waals surface area contributed by atoms with Crippen LogP contribution in [-0.2, 0) is 4.74 Å². The summed E-state index contributed by atoms with van der Waals surface area (Å²) in [6.45, 7) is 4.86. The lowest BCUT2D eigenvalue weighted by Gasteiger charge is -2.22. The van der Waals surface area contributed by atoms with Crippen LogP contribution in [0.5, 0.6) is 0 Å². The summed E-state index contributed by atoms with van der Waals surface area (Å²) in [6.07, 6.45) is 0. The van der Waals surface area contributed by atoms with E-state index in [0.29, 0.717) is 0 Å². The maximum Gasteiger partial charge on any atom is 0.0760 e. The molecule has 0 spiro atoms. The molecule has 3 heteroatoms. The lowest BCUT2D eigenvalue weighted by Crippen LogP contribution is -2.41. The van der Waals surface area contributed by atoms with Crippen molar-refractivity contribution < 1.29 is 4.74 Å². The zero-order valence-electron chi connectivity index (χ0n) is 6.62. The summed E-state index contributed by atoms with van der Waals surface area (Å²) in [5, 5.41) is 0. The Kier molecular flexibility index (Phi) is 3.77. The van der Waals surface area contributed by atoms with E-state index in [-0.39, 0.29) is 5.60 Å². The molecule has 0 aromatic rings. The monoisotopic (exact) mass is 132 g/mol. The van der Waals surface area contributed by atoms with E-state index in [4.69, 9.17) is 4.74 Å². The Morgan fingerprint density at radius 2 is 2.00 bits per heavy atom. The topological polar surface area (TPSA) is 33.3 Å². The number of nitrogens with one attached hydrogen (secondary N) is 2. The molecule has 0 saturated carbocycles. The van der Waals surface area contributed by atoms with Gasteiger partial charge in [0, 0.05) is 13.7 Å². The molecule has 0 rings (SSSR count). The van der Waals surface area contributed by atoms with Crippen LogP contribution in [0, 0.1) is 0 Å². The molecule has 3 nitrogen and oxygen atoms in total. The molecule has 0 aromatic heterocycles. The first-order valence-electron chi connectivity index (χ1n) is 3.07. The molecule has 2 N–H and O–H groups in total. The van der Waals surface area contributed by atoms with Gasteiger partial charge in [-0.3, -0.25) is 10.9 Å². The van der Waals surface area contributed by atoms with Gasteiger partial charge in [-0.15, -0.1) is 0 Å². The molecule has 0 aliphatic heterocycles. The third kappa shape index (κ3) is 4.39. The van der Waals surface area contributed by atoms with Gasteiger partial charge in [0.25, 0.3) is 0 Å². The largest absolute Gasteiger partial charge is 0.377 e. The van der Waals surface area contributed by atoms with Gasteiger partial charge in [-0.1, -0.05) is 0 Å². The van der Waals surface area contributed by atoms with Gasteiger partial charge >= 0.3 is 0 Å². The van der Waals surface area contributed by atoms with Crippen molar-refractivity contribution in [3.05, 3.63) is 0 Å². The Labute approximate surface area is 56.7 Å². The van der Waals surface area contributed by atoms with Crippen LogP contribution in [0.4, 0.5) is 0 Å². The molecule has 0 atom stereocenters. The summed E-state index contributed by atoms with van der Waals surface area (Å²) in [7, 11) is 3.54. The minimum Gasteiger partial charge on any atom is -0.377 e. The van der Waals surface area contributed by atoms with Crippen LogP contribution in [0.3, 0.4) is 0 Å². The van der Waals surface area contributed by atoms with Crippen LogP contribution in [0.1, 0.15) is 13.8 Å². The van der Waals surface area contributed by atoms with Crippen molar-refractivity contribution in [2.24, 2.45) is 0 Å². The summed E-state index contributed by atoms with van der Waals surface area (Å²) in [4.78, 5) is 0. The van der Waals surface area contributed by atoms with Crippen molar-refractivity contribution in [1.82, 2.24) is 10.9 Å². The van der Waals surface area contributed by atoms with Gasteiger partial charge in [0.15, 0.2) is 0 Å². The third-order valence-electron chi connectivity index (χ3n) is 1.24. The fourth-order valence-electron chi connectivity index (χ4n) is 0.373. The van der Waals surface area contributed by atoms with Gasteiger partial charge < -0.3 is 4.74 Å². The number of hydrogen-bond donors (Lipinski definition) is 2. The minimum atomic E-state index is -0.0803. The Bertz CT molecular complexity index is 73.5. The Morgan fingerprint density at radius 1 is 1.44 bits per heavy atom. The summed E-state index contributed by atoms with van der Waals surface area (Å²) in [6, 6.07) is 0. The van der Waals surface area contributed by atoms with Crippen molar-refractivity contribution in [3.8, 4) is 0 Å². The molecule has 0 unspecified atom stereocenters. The Hall–Kier alpha value is -0.120. The molecule has 0 saturated heterocycles. The van der Waals surface area contributed by atoms with Crippen molar-refractivity contribution in [3.63, 3.8) is 0 Å². The van der Waals surface area contributed by atoms with Crippen molar-refractivity contribution in [2.75, 3.05) is 20.7 Å². The second-order valence-corrected chi connectivity index (χ2v) is 2.57. The zero-order valence-corrected chi connectivity index (χ0v) is 6.62. The van der Waals surface area contributed by atoms with E-state index < -0.39 is 0 Å². The van der Waals surface area contributed by atoms with Crippen LogP contribution in [0.25, 0.3) is 0 Å². The minimum absolute atomic E-state index is 0.0803. The van der Waals surface area contributed by atoms with E-state index in [0.717, 1.165) is 6.54 Å². The van der Waals surface area contributed by atoms with E-state index in [1.165, 1.54) is 0 Å². The molecule has 56 valence electrons. The molecule has 0 fully saturated rings. The number of hydrogen-bond acceptors (Lipinski definition) is 3. The first kappa shape index (κ1) is 8.88. The lowest BCUT2D eigenvalue weighted by molar-refractivity contribution is 0.0211. The molecular formula is C6H16N2O. The second kappa shape index (κ2) is 3.82. The van der Waals surface area contributed by atoms with E-state index in [9.17, 15) is 0 Å². The first-order valence-corrected chi connectivity index (χ1v) is 3.07. The number of hydrazine groups is 1. The van der Waals surface area contributed by atoms with Gasteiger partial charge in [-0.05, 0) is 20.9 Å². The van der Waals surface area contributed by atoms with Gasteiger partial charge in [-0.2, -0.15) is 0 Å². The summed E-state index contributed by atoms with van der Waals surface area (Å²) >= 11 is 0. The first-order chi connectivity index (χ1) is 4.12. The van der Waals surface area contributed by atoms with Crippen molar-refractivity contribution in [1.29, 1.82) is 0 Å². The normalized spacial score (nSPS) is 12.0. The van der Waals surface area contributed by atoms with Crippen LogP contribution >= 0.6 is 0 Å².